The zero-order valence-electron chi connectivity index (χ0n) is 13.6. The van der Waals surface area contributed by atoms with Crippen molar-refractivity contribution in [3.63, 3.8) is 0 Å². The molecule has 1 N–H and O–H groups in total. The second-order valence-corrected chi connectivity index (χ2v) is 5.58. The third-order valence-corrected chi connectivity index (χ3v) is 3.64. The fourth-order valence-electron chi connectivity index (χ4n) is 2.38. The minimum Gasteiger partial charge on any atom is -0.363 e. The standard InChI is InChI=1S/C17H17N5O2/c1-21(2)14-9-8-11(10-18-14)19-16(23)15-12-6-4-5-7-13(12)17(24)22(3)20-15/h4-10H,1-3H3,(H,19,23). The normalized spacial score (nSPS) is 10.6. The van der Waals surface area contributed by atoms with Crippen LogP contribution in [0.4, 0.5) is 11.5 Å². The van der Waals surface area contributed by atoms with E-state index in [9.17, 15) is 9.59 Å². The molecule has 122 valence electrons. The summed E-state index contributed by atoms with van der Waals surface area (Å²) in [6.45, 7) is 0. The molecule has 1 amide bonds. The molecule has 0 aliphatic carbocycles. The number of carbonyl (C=O) groups excluding carboxylic acids is 1. The third-order valence-electron chi connectivity index (χ3n) is 3.64. The Hall–Kier alpha value is -3.22. The van der Waals surface area contributed by atoms with Crippen LogP contribution in [0, 0.1) is 0 Å². The van der Waals surface area contributed by atoms with E-state index in [1.54, 1.807) is 36.5 Å². The van der Waals surface area contributed by atoms with Crippen LogP contribution in [0.15, 0.2) is 47.4 Å². The number of fused-ring (bicyclic) bond motifs is 1. The lowest BCUT2D eigenvalue weighted by atomic mass is 10.1. The average molecular weight is 323 g/mol. The Morgan fingerprint density at radius 3 is 2.46 bits per heavy atom. The minimum atomic E-state index is -0.388. The third kappa shape index (κ3) is 2.83. The number of hydrogen-bond acceptors (Lipinski definition) is 5. The first-order valence-electron chi connectivity index (χ1n) is 7.38. The van der Waals surface area contributed by atoms with Crippen LogP contribution in [0.25, 0.3) is 10.8 Å². The van der Waals surface area contributed by atoms with E-state index in [0.29, 0.717) is 16.5 Å². The van der Waals surface area contributed by atoms with Crippen LogP contribution in [0.3, 0.4) is 0 Å². The van der Waals surface area contributed by atoms with Gasteiger partial charge >= 0.3 is 0 Å². The zero-order valence-corrected chi connectivity index (χ0v) is 13.6. The Bertz CT molecular complexity index is 961. The number of hydrogen-bond donors (Lipinski definition) is 1. The van der Waals surface area contributed by atoms with Crippen LogP contribution in [0.5, 0.6) is 0 Å². The average Bonchev–Trinajstić information content (AvgIpc) is 2.58. The first-order valence-corrected chi connectivity index (χ1v) is 7.38. The van der Waals surface area contributed by atoms with Gasteiger partial charge in [-0.2, -0.15) is 5.10 Å². The van der Waals surface area contributed by atoms with E-state index in [1.165, 1.54) is 11.7 Å². The van der Waals surface area contributed by atoms with Gasteiger partial charge in [-0.05, 0) is 18.2 Å². The van der Waals surface area contributed by atoms with E-state index >= 15 is 0 Å². The van der Waals surface area contributed by atoms with Crippen LogP contribution >= 0.6 is 0 Å². The van der Waals surface area contributed by atoms with Crippen molar-refractivity contribution in [1.29, 1.82) is 0 Å². The van der Waals surface area contributed by atoms with Gasteiger partial charge in [0, 0.05) is 26.5 Å². The maximum Gasteiger partial charge on any atom is 0.276 e. The molecular formula is C17H17N5O2. The van der Waals surface area contributed by atoms with E-state index in [2.05, 4.69) is 15.4 Å². The fourth-order valence-corrected chi connectivity index (χ4v) is 2.38. The highest BCUT2D eigenvalue weighted by Crippen LogP contribution is 2.16. The highest BCUT2D eigenvalue weighted by molar-refractivity contribution is 6.11. The predicted octanol–water partition coefficient (Wildman–Crippen LogP) is 1.65. The molecule has 0 radical (unpaired) electrons. The summed E-state index contributed by atoms with van der Waals surface area (Å²) in [4.78, 5) is 30.8. The van der Waals surface area contributed by atoms with Crippen LogP contribution in [0.1, 0.15) is 10.5 Å². The van der Waals surface area contributed by atoms with Gasteiger partial charge in [-0.1, -0.05) is 18.2 Å². The van der Waals surface area contributed by atoms with Crippen LogP contribution in [0.2, 0.25) is 0 Å². The van der Waals surface area contributed by atoms with Crippen molar-refractivity contribution in [1.82, 2.24) is 14.8 Å². The summed E-state index contributed by atoms with van der Waals surface area (Å²) in [5, 5.41) is 7.86. The summed E-state index contributed by atoms with van der Waals surface area (Å²) < 4.78 is 1.17. The zero-order chi connectivity index (χ0) is 17.3. The fraction of sp³-hybridized carbons (Fsp3) is 0.176. The second kappa shape index (κ2) is 6.11. The summed E-state index contributed by atoms with van der Waals surface area (Å²) >= 11 is 0. The number of rotatable bonds is 3. The van der Waals surface area contributed by atoms with Gasteiger partial charge in [-0.3, -0.25) is 9.59 Å². The number of benzene rings is 1. The number of anilines is 2. The number of nitrogens with one attached hydrogen (secondary N) is 1. The summed E-state index contributed by atoms with van der Waals surface area (Å²) in [6.07, 6.45) is 1.58. The molecule has 1 aromatic carbocycles. The summed E-state index contributed by atoms with van der Waals surface area (Å²) in [7, 11) is 5.31. The summed E-state index contributed by atoms with van der Waals surface area (Å²) in [5.74, 6) is 0.403. The Labute approximate surface area is 138 Å². The number of pyridine rings is 1. The molecule has 0 unspecified atom stereocenters. The molecule has 0 bridgehead atoms. The largest absolute Gasteiger partial charge is 0.363 e. The smallest absolute Gasteiger partial charge is 0.276 e. The predicted molar refractivity (Wildman–Crippen MR) is 93.5 cm³/mol. The van der Waals surface area contributed by atoms with Crippen molar-refractivity contribution >= 4 is 28.2 Å². The molecule has 0 spiro atoms. The van der Waals surface area contributed by atoms with Gasteiger partial charge in [-0.25, -0.2) is 9.67 Å². The van der Waals surface area contributed by atoms with Crippen LogP contribution < -0.4 is 15.8 Å². The molecule has 3 rings (SSSR count). The summed E-state index contributed by atoms with van der Waals surface area (Å²) in [6, 6.07) is 10.5. The van der Waals surface area contributed by atoms with Crippen LogP contribution in [-0.2, 0) is 7.05 Å². The molecule has 2 aromatic heterocycles. The lowest BCUT2D eigenvalue weighted by molar-refractivity contribution is 0.102. The molecule has 24 heavy (non-hydrogen) atoms. The lowest BCUT2D eigenvalue weighted by Gasteiger charge is -2.12. The highest BCUT2D eigenvalue weighted by Gasteiger charge is 2.15. The maximum atomic E-state index is 12.6. The number of carbonyl (C=O) groups is 1. The van der Waals surface area contributed by atoms with Gasteiger partial charge in [-0.15, -0.1) is 0 Å². The number of aromatic nitrogens is 3. The molecule has 0 saturated carbocycles. The van der Waals surface area contributed by atoms with Gasteiger partial charge < -0.3 is 10.2 Å². The Balaban J connectivity index is 1.97. The van der Waals surface area contributed by atoms with E-state index in [4.69, 9.17) is 0 Å². The van der Waals surface area contributed by atoms with Gasteiger partial charge in [0.2, 0.25) is 0 Å². The van der Waals surface area contributed by atoms with Gasteiger partial charge in [0.15, 0.2) is 5.69 Å². The SMILES string of the molecule is CN(C)c1ccc(NC(=O)c2nn(C)c(=O)c3ccccc23)cn1. The molecule has 2 heterocycles. The Kier molecular flexibility index (Phi) is 3.99. The topological polar surface area (TPSA) is 80.1 Å². The van der Waals surface area contributed by atoms with Crippen molar-refractivity contribution in [2.45, 2.75) is 0 Å². The van der Waals surface area contributed by atoms with Crippen molar-refractivity contribution in [2.75, 3.05) is 24.3 Å². The Morgan fingerprint density at radius 2 is 1.83 bits per heavy atom. The molecule has 0 saturated heterocycles. The van der Waals surface area contributed by atoms with Gasteiger partial charge in [0.05, 0.1) is 17.3 Å². The first kappa shape index (κ1) is 15.7. The molecular weight excluding hydrogens is 306 g/mol. The van der Waals surface area contributed by atoms with E-state index in [1.807, 2.05) is 25.1 Å². The molecule has 0 fully saturated rings. The van der Waals surface area contributed by atoms with E-state index in [0.717, 1.165) is 5.82 Å². The quantitative estimate of drug-likeness (QED) is 0.793. The van der Waals surface area contributed by atoms with Gasteiger partial charge in [0.25, 0.3) is 11.5 Å². The molecule has 0 aliphatic heterocycles. The molecule has 7 nitrogen and oxygen atoms in total. The monoisotopic (exact) mass is 323 g/mol. The maximum absolute atomic E-state index is 12.6. The number of aryl methyl sites for hydroxylation is 1. The summed E-state index contributed by atoms with van der Waals surface area (Å²) in [5.41, 5.74) is 0.522. The Morgan fingerprint density at radius 1 is 1.12 bits per heavy atom. The minimum absolute atomic E-state index is 0.199. The van der Waals surface area contributed by atoms with Crippen molar-refractivity contribution < 1.29 is 4.79 Å². The van der Waals surface area contributed by atoms with Crippen molar-refractivity contribution in [3.05, 3.63) is 58.6 Å². The van der Waals surface area contributed by atoms with Gasteiger partial charge in [0.1, 0.15) is 5.82 Å². The van der Waals surface area contributed by atoms with Crippen molar-refractivity contribution in [3.8, 4) is 0 Å². The molecule has 0 aliphatic rings. The number of nitrogens with zero attached hydrogens (tertiary/aromatic N) is 4. The van der Waals surface area contributed by atoms with Crippen molar-refractivity contribution in [2.24, 2.45) is 7.05 Å². The van der Waals surface area contributed by atoms with E-state index < -0.39 is 0 Å². The first-order chi connectivity index (χ1) is 11.5. The molecule has 3 aromatic rings. The van der Waals surface area contributed by atoms with Crippen LogP contribution in [-0.4, -0.2) is 34.8 Å². The van der Waals surface area contributed by atoms with E-state index in [-0.39, 0.29) is 17.2 Å². The number of amides is 1. The molecule has 0 atom stereocenters. The second-order valence-electron chi connectivity index (χ2n) is 5.58. The highest BCUT2D eigenvalue weighted by atomic mass is 16.2. The lowest BCUT2D eigenvalue weighted by Crippen LogP contribution is -2.25. The molecule has 7 heteroatoms.